The molecular weight excluding hydrogens is 252 g/mol. The first-order chi connectivity index (χ1) is 8.79. The molecule has 0 saturated heterocycles. The van der Waals surface area contributed by atoms with E-state index in [0.717, 1.165) is 11.0 Å². The van der Waals surface area contributed by atoms with Gasteiger partial charge in [-0.1, -0.05) is 11.6 Å². The Morgan fingerprint density at radius 2 is 2.22 bits per heavy atom. The summed E-state index contributed by atoms with van der Waals surface area (Å²) in [7, 11) is 0. The first kappa shape index (κ1) is 11.3. The molecule has 0 aliphatic carbocycles. The minimum Gasteiger partial charge on any atom is -0.461 e. The van der Waals surface area contributed by atoms with E-state index in [9.17, 15) is 5.11 Å². The van der Waals surface area contributed by atoms with E-state index in [0.29, 0.717) is 23.2 Å². The van der Waals surface area contributed by atoms with Crippen molar-refractivity contribution >= 4 is 22.6 Å². The highest BCUT2D eigenvalue weighted by molar-refractivity contribution is 6.31. The predicted molar refractivity (Wildman–Crippen MR) is 69.5 cm³/mol. The molecule has 0 bridgehead atoms. The fourth-order valence-corrected chi connectivity index (χ4v) is 2.18. The fourth-order valence-electron chi connectivity index (χ4n) is 2.02. The SMILES string of the molecule is OCCn1c(-c2ccco2)nc2ccc(Cl)cc21. The molecule has 3 rings (SSSR count). The van der Waals surface area contributed by atoms with E-state index in [2.05, 4.69) is 4.98 Å². The van der Waals surface area contributed by atoms with Crippen molar-refractivity contribution in [2.75, 3.05) is 6.61 Å². The van der Waals surface area contributed by atoms with E-state index in [-0.39, 0.29) is 6.61 Å². The van der Waals surface area contributed by atoms with E-state index in [1.54, 1.807) is 12.3 Å². The van der Waals surface area contributed by atoms with Gasteiger partial charge >= 0.3 is 0 Å². The average molecular weight is 263 g/mol. The number of hydrogen-bond donors (Lipinski definition) is 1. The first-order valence-electron chi connectivity index (χ1n) is 5.60. The molecule has 4 nitrogen and oxygen atoms in total. The number of halogens is 1. The topological polar surface area (TPSA) is 51.2 Å². The number of hydrogen-bond acceptors (Lipinski definition) is 3. The van der Waals surface area contributed by atoms with Gasteiger partial charge in [0.2, 0.25) is 0 Å². The molecule has 0 unspecified atom stereocenters. The van der Waals surface area contributed by atoms with Crippen molar-refractivity contribution in [2.24, 2.45) is 0 Å². The van der Waals surface area contributed by atoms with Crippen molar-refractivity contribution in [1.82, 2.24) is 9.55 Å². The number of imidazole rings is 1. The smallest absolute Gasteiger partial charge is 0.177 e. The van der Waals surface area contributed by atoms with Crippen LogP contribution in [-0.4, -0.2) is 21.3 Å². The van der Waals surface area contributed by atoms with E-state index < -0.39 is 0 Å². The maximum atomic E-state index is 9.18. The van der Waals surface area contributed by atoms with Crippen LogP contribution in [0.2, 0.25) is 5.02 Å². The molecule has 0 aliphatic rings. The van der Waals surface area contributed by atoms with Gasteiger partial charge in [0.25, 0.3) is 0 Å². The molecule has 0 atom stereocenters. The van der Waals surface area contributed by atoms with Crippen LogP contribution in [0.4, 0.5) is 0 Å². The van der Waals surface area contributed by atoms with Crippen LogP contribution < -0.4 is 0 Å². The standard InChI is InChI=1S/C13H11ClN2O2/c14-9-3-4-10-11(8-9)16(5-6-17)13(15-10)12-2-1-7-18-12/h1-4,7-8,17H,5-6H2. The van der Waals surface area contributed by atoms with Crippen molar-refractivity contribution in [3.8, 4) is 11.6 Å². The normalized spacial score (nSPS) is 11.2. The van der Waals surface area contributed by atoms with Crippen molar-refractivity contribution in [2.45, 2.75) is 6.54 Å². The lowest BCUT2D eigenvalue weighted by Gasteiger charge is -2.05. The van der Waals surface area contributed by atoms with E-state index >= 15 is 0 Å². The number of aliphatic hydroxyl groups excluding tert-OH is 1. The Morgan fingerprint density at radius 3 is 2.94 bits per heavy atom. The Hall–Kier alpha value is -1.78. The molecule has 0 spiro atoms. The molecule has 0 radical (unpaired) electrons. The molecular formula is C13H11ClN2O2. The number of benzene rings is 1. The summed E-state index contributed by atoms with van der Waals surface area (Å²) >= 11 is 6.00. The van der Waals surface area contributed by atoms with Crippen LogP contribution in [-0.2, 0) is 6.54 Å². The molecule has 18 heavy (non-hydrogen) atoms. The predicted octanol–water partition coefficient (Wildman–Crippen LogP) is 2.94. The van der Waals surface area contributed by atoms with E-state index in [1.807, 2.05) is 28.8 Å². The first-order valence-corrected chi connectivity index (χ1v) is 5.98. The molecule has 1 N–H and O–H groups in total. The zero-order valence-corrected chi connectivity index (χ0v) is 10.3. The Balaban J connectivity index is 2.27. The maximum absolute atomic E-state index is 9.18. The van der Waals surface area contributed by atoms with Crippen molar-refractivity contribution in [3.05, 3.63) is 41.6 Å². The van der Waals surface area contributed by atoms with Gasteiger partial charge in [-0.15, -0.1) is 0 Å². The molecule has 1 aromatic carbocycles. The van der Waals surface area contributed by atoms with Gasteiger partial charge in [0, 0.05) is 11.6 Å². The summed E-state index contributed by atoms with van der Waals surface area (Å²) in [5.41, 5.74) is 1.72. The molecule has 2 heterocycles. The number of furan rings is 1. The second kappa shape index (κ2) is 4.48. The summed E-state index contributed by atoms with van der Waals surface area (Å²) in [5.74, 6) is 1.38. The Bertz CT molecular complexity index is 674. The minimum atomic E-state index is 0.0334. The number of aromatic nitrogens is 2. The molecule has 0 saturated carbocycles. The van der Waals surface area contributed by atoms with Crippen LogP contribution in [0.5, 0.6) is 0 Å². The molecule has 3 aromatic rings. The Kier molecular flexibility index (Phi) is 2.81. The van der Waals surface area contributed by atoms with Crippen LogP contribution >= 0.6 is 11.6 Å². The molecule has 5 heteroatoms. The van der Waals surface area contributed by atoms with E-state index in [4.69, 9.17) is 16.0 Å². The summed E-state index contributed by atoms with van der Waals surface area (Å²) < 4.78 is 7.27. The van der Waals surface area contributed by atoms with Crippen molar-refractivity contribution in [3.63, 3.8) is 0 Å². The monoisotopic (exact) mass is 262 g/mol. The average Bonchev–Trinajstić information content (AvgIpc) is 2.98. The minimum absolute atomic E-state index is 0.0334. The summed E-state index contributed by atoms with van der Waals surface area (Å²) in [6.07, 6.45) is 1.60. The van der Waals surface area contributed by atoms with Crippen molar-refractivity contribution in [1.29, 1.82) is 0 Å². The van der Waals surface area contributed by atoms with E-state index in [1.165, 1.54) is 0 Å². The summed E-state index contributed by atoms with van der Waals surface area (Å²) in [6.45, 7) is 0.485. The number of rotatable bonds is 3. The van der Waals surface area contributed by atoms with Crippen molar-refractivity contribution < 1.29 is 9.52 Å². The highest BCUT2D eigenvalue weighted by Gasteiger charge is 2.14. The van der Waals surface area contributed by atoms with Gasteiger partial charge < -0.3 is 14.1 Å². The zero-order valence-electron chi connectivity index (χ0n) is 9.51. The fraction of sp³-hybridized carbons (Fsp3) is 0.154. The van der Waals surface area contributed by atoms with Gasteiger partial charge in [0.15, 0.2) is 11.6 Å². The number of fused-ring (bicyclic) bond motifs is 1. The lowest BCUT2D eigenvalue weighted by Crippen LogP contribution is -2.03. The third kappa shape index (κ3) is 1.79. The summed E-state index contributed by atoms with van der Waals surface area (Å²) in [5, 5.41) is 9.82. The van der Waals surface area contributed by atoms with Crippen LogP contribution in [0.3, 0.4) is 0 Å². The molecule has 0 fully saturated rings. The lowest BCUT2D eigenvalue weighted by molar-refractivity contribution is 0.278. The highest BCUT2D eigenvalue weighted by atomic mass is 35.5. The largest absolute Gasteiger partial charge is 0.461 e. The van der Waals surface area contributed by atoms with Crippen LogP contribution in [0.15, 0.2) is 41.0 Å². The molecule has 0 aliphatic heterocycles. The van der Waals surface area contributed by atoms with Gasteiger partial charge in [0.05, 0.1) is 23.9 Å². The van der Waals surface area contributed by atoms with Crippen LogP contribution in [0, 0.1) is 0 Å². The second-order valence-electron chi connectivity index (χ2n) is 3.92. The Morgan fingerprint density at radius 1 is 1.33 bits per heavy atom. The van der Waals surface area contributed by atoms with Gasteiger partial charge in [-0.3, -0.25) is 0 Å². The molecule has 0 amide bonds. The number of nitrogens with zero attached hydrogens (tertiary/aromatic N) is 2. The lowest BCUT2D eigenvalue weighted by atomic mass is 10.3. The van der Waals surface area contributed by atoms with Gasteiger partial charge in [0.1, 0.15) is 0 Å². The van der Waals surface area contributed by atoms with Gasteiger partial charge in [-0.2, -0.15) is 0 Å². The zero-order chi connectivity index (χ0) is 12.5. The molecule has 2 aromatic heterocycles. The third-order valence-corrected chi connectivity index (χ3v) is 3.01. The van der Waals surface area contributed by atoms with Gasteiger partial charge in [-0.25, -0.2) is 4.98 Å². The highest BCUT2D eigenvalue weighted by Crippen LogP contribution is 2.26. The molecule has 92 valence electrons. The third-order valence-electron chi connectivity index (χ3n) is 2.78. The second-order valence-corrected chi connectivity index (χ2v) is 4.36. The quantitative estimate of drug-likeness (QED) is 0.790. The van der Waals surface area contributed by atoms with Crippen LogP contribution in [0.25, 0.3) is 22.6 Å². The van der Waals surface area contributed by atoms with Gasteiger partial charge in [-0.05, 0) is 30.3 Å². The summed E-state index contributed by atoms with van der Waals surface area (Å²) in [4.78, 5) is 4.51. The Labute approximate surface area is 108 Å². The number of aliphatic hydroxyl groups is 1. The maximum Gasteiger partial charge on any atom is 0.177 e. The summed E-state index contributed by atoms with van der Waals surface area (Å²) in [6, 6.07) is 9.15. The van der Waals surface area contributed by atoms with Crippen LogP contribution in [0.1, 0.15) is 0 Å².